The maximum Gasteiger partial charge on any atom is 0.164 e. The summed E-state index contributed by atoms with van der Waals surface area (Å²) in [6, 6.07) is 7.69. The van der Waals surface area contributed by atoms with Crippen LogP contribution in [0.3, 0.4) is 0 Å². The summed E-state index contributed by atoms with van der Waals surface area (Å²) in [6.07, 6.45) is 4.30. The predicted octanol–water partition coefficient (Wildman–Crippen LogP) is 3.26. The SMILES string of the molecule is CC(C)(C)C(O)(CCc1ccc(Cl)cc1)n1cncn1. The molecule has 108 valence electrons. The Labute approximate surface area is 124 Å². The second-order valence-corrected chi connectivity index (χ2v) is 6.47. The number of aromatic nitrogens is 3. The van der Waals surface area contributed by atoms with Gasteiger partial charge >= 0.3 is 0 Å². The molecule has 2 rings (SSSR count). The zero-order valence-electron chi connectivity index (χ0n) is 12.0. The van der Waals surface area contributed by atoms with Crippen LogP contribution in [0.5, 0.6) is 0 Å². The van der Waals surface area contributed by atoms with E-state index in [1.807, 2.05) is 45.0 Å². The molecule has 0 aliphatic carbocycles. The Morgan fingerprint density at radius 3 is 2.35 bits per heavy atom. The Bertz CT molecular complexity index is 545. The normalized spacial score (nSPS) is 15.1. The van der Waals surface area contributed by atoms with Crippen molar-refractivity contribution in [3.8, 4) is 0 Å². The van der Waals surface area contributed by atoms with E-state index in [0.717, 1.165) is 17.0 Å². The van der Waals surface area contributed by atoms with E-state index in [2.05, 4.69) is 10.1 Å². The van der Waals surface area contributed by atoms with Crippen molar-refractivity contribution in [1.82, 2.24) is 14.8 Å². The molecule has 20 heavy (non-hydrogen) atoms. The number of nitrogens with zero attached hydrogens (tertiary/aromatic N) is 3. The van der Waals surface area contributed by atoms with Gasteiger partial charge in [0.25, 0.3) is 0 Å². The summed E-state index contributed by atoms with van der Waals surface area (Å²) in [5, 5.41) is 15.9. The van der Waals surface area contributed by atoms with Crippen molar-refractivity contribution in [1.29, 1.82) is 0 Å². The molecule has 2 aromatic rings. The van der Waals surface area contributed by atoms with Crippen LogP contribution in [0.25, 0.3) is 0 Å². The molecule has 0 bridgehead atoms. The van der Waals surface area contributed by atoms with E-state index < -0.39 is 5.72 Å². The largest absolute Gasteiger partial charge is 0.369 e. The second kappa shape index (κ2) is 5.54. The quantitative estimate of drug-likeness (QED) is 0.941. The fourth-order valence-electron chi connectivity index (χ4n) is 2.20. The zero-order valence-corrected chi connectivity index (χ0v) is 12.8. The first-order valence-corrected chi connectivity index (χ1v) is 7.03. The maximum atomic E-state index is 11.1. The lowest BCUT2D eigenvalue weighted by molar-refractivity contribution is -0.143. The number of aliphatic hydroxyl groups is 1. The molecule has 1 heterocycles. The molecule has 1 unspecified atom stereocenters. The number of halogens is 1. The van der Waals surface area contributed by atoms with Crippen molar-refractivity contribution < 1.29 is 5.11 Å². The van der Waals surface area contributed by atoms with Crippen molar-refractivity contribution >= 4 is 11.6 Å². The van der Waals surface area contributed by atoms with E-state index in [-0.39, 0.29) is 5.41 Å². The van der Waals surface area contributed by atoms with Gasteiger partial charge < -0.3 is 5.11 Å². The van der Waals surface area contributed by atoms with Gasteiger partial charge in [0.15, 0.2) is 5.72 Å². The number of rotatable bonds is 4. The highest BCUT2D eigenvalue weighted by Crippen LogP contribution is 2.37. The average Bonchev–Trinajstić information content (AvgIpc) is 2.90. The molecule has 0 radical (unpaired) electrons. The van der Waals surface area contributed by atoms with Gasteiger partial charge in [-0.1, -0.05) is 44.5 Å². The lowest BCUT2D eigenvalue weighted by Crippen LogP contribution is -2.46. The summed E-state index contributed by atoms with van der Waals surface area (Å²) < 4.78 is 1.54. The molecule has 5 heteroatoms. The van der Waals surface area contributed by atoms with Crippen molar-refractivity contribution in [2.45, 2.75) is 39.3 Å². The summed E-state index contributed by atoms with van der Waals surface area (Å²) in [6.45, 7) is 5.99. The highest BCUT2D eigenvalue weighted by molar-refractivity contribution is 6.30. The van der Waals surface area contributed by atoms with Gasteiger partial charge in [0.1, 0.15) is 12.7 Å². The van der Waals surface area contributed by atoms with Gasteiger partial charge in [-0.2, -0.15) is 5.10 Å². The van der Waals surface area contributed by atoms with Crippen LogP contribution in [-0.2, 0) is 12.1 Å². The molecule has 1 N–H and O–H groups in total. The van der Waals surface area contributed by atoms with Gasteiger partial charge in [-0.15, -0.1) is 0 Å². The Kier molecular flexibility index (Phi) is 4.16. The summed E-state index contributed by atoms with van der Waals surface area (Å²) >= 11 is 5.88. The van der Waals surface area contributed by atoms with Gasteiger partial charge in [-0.05, 0) is 24.1 Å². The third-order valence-corrected chi connectivity index (χ3v) is 3.93. The minimum absolute atomic E-state index is 0.354. The highest BCUT2D eigenvalue weighted by Gasteiger charge is 2.42. The molecule has 0 saturated heterocycles. The van der Waals surface area contributed by atoms with E-state index in [0.29, 0.717) is 6.42 Å². The van der Waals surface area contributed by atoms with Crippen LogP contribution >= 0.6 is 11.6 Å². The van der Waals surface area contributed by atoms with Crippen LogP contribution < -0.4 is 0 Å². The van der Waals surface area contributed by atoms with Crippen LogP contribution in [0.2, 0.25) is 5.02 Å². The third kappa shape index (κ3) is 3.02. The molecule has 0 aliphatic rings. The van der Waals surface area contributed by atoms with Crippen molar-refractivity contribution in [3.05, 3.63) is 47.5 Å². The average molecular weight is 294 g/mol. The number of aryl methyl sites for hydroxylation is 1. The fourth-order valence-corrected chi connectivity index (χ4v) is 2.33. The molecular weight excluding hydrogens is 274 g/mol. The minimum atomic E-state index is -1.08. The zero-order chi connectivity index (χ0) is 14.8. The summed E-state index contributed by atoms with van der Waals surface area (Å²) in [4.78, 5) is 3.94. The minimum Gasteiger partial charge on any atom is -0.369 e. The lowest BCUT2D eigenvalue weighted by atomic mass is 9.79. The third-order valence-electron chi connectivity index (χ3n) is 3.67. The van der Waals surface area contributed by atoms with Crippen molar-refractivity contribution in [2.75, 3.05) is 0 Å². The van der Waals surface area contributed by atoms with Crippen molar-refractivity contribution in [2.24, 2.45) is 5.41 Å². The molecule has 0 saturated carbocycles. The second-order valence-electron chi connectivity index (χ2n) is 6.03. The fraction of sp³-hybridized carbons (Fsp3) is 0.467. The van der Waals surface area contributed by atoms with Gasteiger partial charge in [-0.25, -0.2) is 9.67 Å². The molecule has 1 aromatic carbocycles. The predicted molar refractivity (Wildman–Crippen MR) is 79.4 cm³/mol. The van der Waals surface area contributed by atoms with E-state index in [4.69, 9.17) is 11.6 Å². The van der Waals surface area contributed by atoms with Crippen LogP contribution in [0.4, 0.5) is 0 Å². The van der Waals surface area contributed by atoms with Gasteiger partial charge in [0.2, 0.25) is 0 Å². The Balaban J connectivity index is 2.20. The summed E-state index contributed by atoms with van der Waals surface area (Å²) in [5.74, 6) is 0. The van der Waals surface area contributed by atoms with Crippen LogP contribution in [-0.4, -0.2) is 19.9 Å². The molecule has 0 aliphatic heterocycles. The maximum absolute atomic E-state index is 11.1. The number of benzene rings is 1. The first-order chi connectivity index (χ1) is 9.33. The van der Waals surface area contributed by atoms with E-state index >= 15 is 0 Å². The first-order valence-electron chi connectivity index (χ1n) is 6.65. The van der Waals surface area contributed by atoms with E-state index in [1.165, 1.54) is 6.33 Å². The smallest absolute Gasteiger partial charge is 0.164 e. The van der Waals surface area contributed by atoms with E-state index in [9.17, 15) is 5.11 Å². The van der Waals surface area contributed by atoms with Crippen molar-refractivity contribution in [3.63, 3.8) is 0 Å². The Morgan fingerprint density at radius 1 is 1.20 bits per heavy atom. The highest BCUT2D eigenvalue weighted by atomic mass is 35.5. The van der Waals surface area contributed by atoms with Crippen LogP contribution in [0.15, 0.2) is 36.9 Å². The van der Waals surface area contributed by atoms with E-state index in [1.54, 1.807) is 11.0 Å². The first kappa shape index (κ1) is 15.0. The monoisotopic (exact) mass is 293 g/mol. The van der Waals surface area contributed by atoms with Crippen LogP contribution in [0, 0.1) is 5.41 Å². The van der Waals surface area contributed by atoms with Crippen LogP contribution in [0.1, 0.15) is 32.8 Å². The molecule has 1 atom stereocenters. The standard InChI is InChI=1S/C15H20ClN3O/c1-14(2,3)15(20,19-11-17-10-18-19)9-8-12-4-6-13(16)7-5-12/h4-7,10-11,20H,8-9H2,1-3H3. The Hall–Kier alpha value is -1.39. The van der Waals surface area contributed by atoms with Gasteiger partial charge in [0, 0.05) is 16.9 Å². The molecule has 0 spiro atoms. The van der Waals surface area contributed by atoms with Gasteiger partial charge in [0.05, 0.1) is 0 Å². The molecule has 0 fully saturated rings. The molecule has 4 nitrogen and oxygen atoms in total. The summed E-state index contributed by atoms with van der Waals surface area (Å²) in [7, 11) is 0. The number of hydrogen-bond acceptors (Lipinski definition) is 3. The molecular formula is C15H20ClN3O. The lowest BCUT2D eigenvalue weighted by Gasteiger charge is -2.40. The topological polar surface area (TPSA) is 50.9 Å². The van der Waals surface area contributed by atoms with Gasteiger partial charge in [-0.3, -0.25) is 0 Å². The summed E-state index contributed by atoms with van der Waals surface area (Å²) in [5.41, 5.74) is -0.298. The molecule has 1 aromatic heterocycles. The Morgan fingerprint density at radius 2 is 1.85 bits per heavy atom. The molecule has 0 amide bonds. The number of hydrogen-bond donors (Lipinski definition) is 1.